The molecule has 0 N–H and O–H groups in total. The first-order valence-corrected chi connectivity index (χ1v) is 12.9. The summed E-state index contributed by atoms with van der Waals surface area (Å²) in [5.74, 6) is 0.577. The van der Waals surface area contributed by atoms with Crippen LogP contribution in [0.5, 0.6) is 6.01 Å². The van der Waals surface area contributed by atoms with E-state index in [2.05, 4.69) is 21.4 Å². The van der Waals surface area contributed by atoms with Crippen molar-refractivity contribution < 1.29 is 11.9 Å². The average Bonchev–Trinajstić information content (AvgIpc) is 3.69. The van der Waals surface area contributed by atoms with E-state index in [0.29, 0.717) is 46.9 Å². The van der Waals surface area contributed by atoms with Gasteiger partial charge in [-0.2, -0.15) is 9.97 Å². The van der Waals surface area contributed by atoms with Gasteiger partial charge in [0.2, 0.25) is 0 Å². The molecule has 6 nitrogen and oxygen atoms in total. The average molecular weight is 486 g/mol. The molecule has 2 aliphatic carbocycles. The molecule has 0 aromatic carbocycles. The summed E-state index contributed by atoms with van der Waals surface area (Å²) < 4.78 is 39.5. The number of ether oxygens (including phenoxy) is 1. The maximum atomic E-state index is 14.8. The van der Waals surface area contributed by atoms with Gasteiger partial charge in [0.25, 0.3) is 0 Å². The van der Waals surface area contributed by atoms with Gasteiger partial charge in [-0.05, 0) is 57.4 Å². The highest BCUT2D eigenvalue weighted by molar-refractivity contribution is 6.31. The van der Waals surface area contributed by atoms with Gasteiger partial charge in [0.1, 0.15) is 23.7 Å². The molecule has 180 valence electrons. The van der Waals surface area contributed by atoms with Crippen LogP contribution in [0.25, 0.3) is 10.9 Å². The predicted molar refractivity (Wildman–Crippen MR) is 130 cm³/mol. The molecule has 5 fully saturated rings. The molecule has 3 aliphatic heterocycles. The molecule has 4 atom stereocenters. The molecule has 0 bridgehead atoms. The molecule has 34 heavy (non-hydrogen) atoms. The van der Waals surface area contributed by atoms with E-state index in [-0.39, 0.29) is 23.4 Å². The van der Waals surface area contributed by atoms with E-state index in [0.717, 1.165) is 50.6 Å². The van der Waals surface area contributed by atoms with Crippen molar-refractivity contribution in [1.29, 1.82) is 0 Å². The van der Waals surface area contributed by atoms with Gasteiger partial charge in [-0.3, -0.25) is 4.90 Å². The molecule has 2 aromatic rings. The Hall–Kier alpha value is -1.99. The van der Waals surface area contributed by atoms with Crippen LogP contribution >= 0.6 is 11.6 Å². The third-order valence-corrected chi connectivity index (χ3v) is 9.47. The third kappa shape index (κ3) is 2.92. The van der Waals surface area contributed by atoms with Crippen molar-refractivity contribution in [3.8, 4) is 6.01 Å². The highest BCUT2D eigenvalue weighted by Crippen LogP contribution is 2.66. The van der Waals surface area contributed by atoms with E-state index in [4.69, 9.17) is 21.3 Å². The fourth-order valence-corrected chi connectivity index (χ4v) is 7.10. The summed E-state index contributed by atoms with van der Waals surface area (Å²) in [7, 11) is 0. The summed E-state index contributed by atoms with van der Waals surface area (Å²) in [6, 6.07) is -0.248. The Morgan fingerprint density at radius 1 is 1.29 bits per heavy atom. The summed E-state index contributed by atoms with van der Waals surface area (Å²) in [5.41, 5.74) is 1.43. The zero-order valence-corrected chi connectivity index (χ0v) is 20.2. The van der Waals surface area contributed by atoms with Gasteiger partial charge in [0.05, 0.1) is 25.2 Å². The van der Waals surface area contributed by atoms with Crippen LogP contribution in [-0.4, -0.2) is 63.8 Å². The topological polar surface area (TPSA) is 54.4 Å². The Morgan fingerprint density at radius 3 is 2.97 bits per heavy atom. The molecular formula is C26H31ClFN5O. The Morgan fingerprint density at radius 2 is 2.15 bits per heavy atom. The summed E-state index contributed by atoms with van der Waals surface area (Å²) in [4.78, 5) is 18.0. The molecule has 5 heterocycles. The van der Waals surface area contributed by atoms with Gasteiger partial charge in [-0.1, -0.05) is 30.2 Å². The lowest BCUT2D eigenvalue weighted by Gasteiger charge is -2.37. The molecule has 0 radical (unpaired) electrons. The quantitative estimate of drug-likeness (QED) is 0.454. The molecule has 7 rings (SSSR count). The largest absolute Gasteiger partial charge is 0.461 e. The van der Waals surface area contributed by atoms with E-state index in [1.54, 1.807) is 6.20 Å². The maximum absolute atomic E-state index is 14.8. The summed E-state index contributed by atoms with van der Waals surface area (Å²) in [6.07, 6.45) is 7.13. The zero-order valence-electron chi connectivity index (χ0n) is 21.5. The van der Waals surface area contributed by atoms with E-state index in [9.17, 15) is 7.13 Å². The Labute approximate surface area is 207 Å². The Balaban J connectivity index is 1.34. The Bertz CT molecular complexity index is 1290. The first-order valence-electron chi connectivity index (χ1n) is 13.5. The molecule has 0 amide bonds. The maximum Gasteiger partial charge on any atom is 0.319 e. The zero-order chi connectivity index (χ0) is 25.0. The minimum absolute atomic E-state index is 0.0137. The molecule has 5 aliphatic rings. The molecule has 1 spiro atoms. The highest BCUT2D eigenvalue weighted by atomic mass is 35.5. The number of hydrogen-bond acceptors (Lipinski definition) is 6. The Kier molecular flexibility index (Phi) is 4.11. The number of pyridine rings is 1. The van der Waals surface area contributed by atoms with Crippen molar-refractivity contribution in [3.63, 3.8) is 0 Å². The van der Waals surface area contributed by atoms with E-state index >= 15 is 0 Å². The molecule has 3 saturated heterocycles. The van der Waals surface area contributed by atoms with Crippen LogP contribution in [0.1, 0.15) is 53.3 Å². The number of fused-ring (bicyclic) bond motifs is 4. The van der Waals surface area contributed by atoms with Crippen LogP contribution < -0.4 is 9.64 Å². The lowest BCUT2D eigenvalue weighted by molar-refractivity contribution is 0.0649. The van der Waals surface area contributed by atoms with Crippen molar-refractivity contribution in [1.82, 2.24) is 19.9 Å². The minimum Gasteiger partial charge on any atom is -0.461 e. The van der Waals surface area contributed by atoms with Crippen LogP contribution in [0, 0.1) is 18.3 Å². The molecule has 2 saturated carbocycles. The smallest absolute Gasteiger partial charge is 0.319 e. The summed E-state index contributed by atoms with van der Waals surface area (Å²) in [6.45, 7) is 6.24. The predicted octanol–water partition coefficient (Wildman–Crippen LogP) is 4.88. The van der Waals surface area contributed by atoms with Gasteiger partial charge in [0, 0.05) is 30.8 Å². The number of anilines is 1. The van der Waals surface area contributed by atoms with Crippen molar-refractivity contribution in [3.05, 3.63) is 29.1 Å². The SMILES string of the molecule is [2H]C([2H])(Oc1nc(N2CCCC[C@H]3[C@H](F)[C@H]32)c2cnc(Cl)c(C)c2n1)[C@]12CC(=C)CN1CCC21CC1. The van der Waals surface area contributed by atoms with Gasteiger partial charge in [0.15, 0.2) is 0 Å². The second-order valence-electron chi connectivity index (χ2n) is 11.0. The van der Waals surface area contributed by atoms with E-state index < -0.39 is 18.3 Å². The van der Waals surface area contributed by atoms with Crippen LogP contribution in [0.2, 0.25) is 5.15 Å². The fourth-order valence-electron chi connectivity index (χ4n) is 6.97. The van der Waals surface area contributed by atoms with Crippen molar-refractivity contribution in [2.24, 2.45) is 11.3 Å². The standard InChI is InChI=1S/C26H31ClFN5O/c1-15-11-26(25(6-7-25)8-10-32(26)13-15)14-34-24-30-20-16(2)22(27)29-12-18(20)23(31-24)33-9-4-3-5-17-19(28)21(17)33/h12,17,19,21H,1,3-11,13-14H2,2H3/t17-,19-,21-,26-/m0/s1/i14D2. The number of alkyl halides is 1. The number of aryl methyl sites for hydroxylation is 1. The number of hydrogen-bond donors (Lipinski definition) is 0. The highest BCUT2D eigenvalue weighted by Gasteiger charge is 2.67. The van der Waals surface area contributed by atoms with Crippen LogP contribution in [0.4, 0.5) is 10.2 Å². The van der Waals surface area contributed by atoms with Crippen LogP contribution in [0.15, 0.2) is 18.3 Å². The van der Waals surface area contributed by atoms with Crippen molar-refractivity contribution in [2.75, 3.05) is 31.1 Å². The van der Waals surface area contributed by atoms with Crippen LogP contribution in [-0.2, 0) is 0 Å². The first-order chi connectivity index (χ1) is 17.2. The van der Waals surface area contributed by atoms with Crippen LogP contribution in [0.3, 0.4) is 0 Å². The second kappa shape index (κ2) is 7.26. The number of nitrogens with zero attached hydrogens (tertiary/aromatic N) is 5. The monoisotopic (exact) mass is 485 g/mol. The first kappa shape index (κ1) is 19.2. The number of aromatic nitrogens is 3. The van der Waals surface area contributed by atoms with Gasteiger partial charge >= 0.3 is 6.01 Å². The number of rotatable bonds is 4. The van der Waals surface area contributed by atoms with E-state index in [1.807, 2.05) is 11.8 Å². The fraction of sp³-hybridized carbons (Fsp3) is 0.654. The summed E-state index contributed by atoms with van der Waals surface area (Å²) >= 11 is 6.36. The van der Waals surface area contributed by atoms with Gasteiger partial charge < -0.3 is 9.64 Å². The third-order valence-electron chi connectivity index (χ3n) is 9.09. The molecule has 8 heteroatoms. The normalized spacial score (nSPS) is 35.1. The lowest BCUT2D eigenvalue weighted by atomic mass is 9.80. The van der Waals surface area contributed by atoms with E-state index in [1.165, 1.54) is 0 Å². The lowest BCUT2D eigenvalue weighted by Crippen LogP contribution is -2.49. The van der Waals surface area contributed by atoms with Gasteiger partial charge in [-0.25, -0.2) is 9.37 Å². The number of halogens is 2. The minimum atomic E-state index is -2.03. The molecule has 0 unspecified atom stereocenters. The van der Waals surface area contributed by atoms with Crippen molar-refractivity contribution in [2.45, 2.75) is 69.6 Å². The van der Waals surface area contributed by atoms with Crippen molar-refractivity contribution >= 4 is 28.3 Å². The van der Waals surface area contributed by atoms with Gasteiger partial charge in [-0.15, -0.1) is 0 Å². The molecule has 2 aromatic heterocycles. The summed E-state index contributed by atoms with van der Waals surface area (Å²) in [5, 5.41) is 1.02. The second-order valence-corrected chi connectivity index (χ2v) is 11.4. The molecular weight excluding hydrogens is 453 g/mol.